The van der Waals surface area contributed by atoms with Crippen molar-refractivity contribution < 1.29 is 27.8 Å². The van der Waals surface area contributed by atoms with Crippen molar-refractivity contribution in [2.24, 2.45) is 5.92 Å². The summed E-state index contributed by atoms with van der Waals surface area (Å²) in [5.74, 6) is 0.396. The summed E-state index contributed by atoms with van der Waals surface area (Å²) in [4.78, 5) is 0. The summed E-state index contributed by atoms with van der Waals surface area (Å²) >= 11 is 0. The zero-order valence-corrected chi connectivity index (χ0v) is 11.6. The molecule has 1 heterocycles. The molecule has 3 nitrogen and oxygen atoms in total. The van der Waals surface area contributed by atoms with Crippen molar-refractivity contribution in [1.29, 1.82) is 0 Å². The Morgan fingerprint density at radius 2 is 2.00 bits per heavy atom. The Labute approximate surface area is 121 Å². The van der Waals surface area contributed by atoms with E-state index in [2.05, 4.69) is 0 Å². The highest BCUT2D eigenvalue weighted by Crippen LogP contribution is 2.30. The standard InChI is InChI=1S/C15H19F3O3/c16-15(17,18)13-3-1-2-12(8-13)14(19)10-21-9-11-4-6-20-7-5-11/h1-3,8,11,14,19H,4-7,9-10H2. The molecule has 0 amide bonds. The number of rotatable bonds is 5. The van der Waals surface area contributed by atoms with E-state index in [0.717, 1.165) is 25.0 Å². The summed E-state index contributed by atoms with van der Waals surface area (Å²) in [5, 5.41) is 9.92. The molecule has 0 saturated carbocycles. The third-order valence-electron chi connectivity index (χ3n) is 3.57. The van der Waals surface area contributed by atoms with Gasteiger partial charge in [-0.15, -0.1) is 0 Å². The lowest BCUT2D eigenvalue weighted by Gasteiger charge is -2.22. The van der Waals surface area contributed by atoms with Crippen molar-refractivity contribution >= 4 is 0 Å². The number of ether oxygens (including phenoxy) is 2. The molecular weight excluding hydrogens is 285 g/mol. The van der Waals surface area contributed by atoms with Crippen molar-refractivity contribution in [2.75, 3.05) is 26.4 Å². The monoisotopic (exact) mass is 304 g/mol. The lowest BCUT2D eigenvalue weighted by Crippen LogP contribution is -2.21. The second kappa shape index (κ2) is 7.24. The third-order valence-corrected chi connectivity index (χ3v) is 3.57. The van der Waals surface area contributed by atoms with Crippen LogP contribution in [0, 0.1) is 5.92 Å². The number of hydrogen-bond acceptors (Lipinski definition) is 3. The average Bonchev–Trinajstić information content (AvgIpc) is 2.47. The number of aliphatic hydroxyl groups is 1. The number of benzene rings is 1. The Hall–Kier alpha value is -1.11. The van der Waals surface area contributed by atoms with Crippen LogP contribution in [-0.4, -0.2) is 31.5 Å². The second-order valence-corrected chi connectivity index (χ2v) is 5.23. The van der Waals surface area contributed by atoms with Crippen LogP contribution in [0.3, 0.4) is 0 Å². The molecule has 1 saturated heterocycles. The first-order chi connectivity index (χ1) is 9.97. The van der Waals surface area contributed by atoms with E-state index in [4.69, 9.17) is 9.47 Å². The van der Waals surface area contributed by atoms with Crippen molar-refractivity contribution in [2.45, 2.75) is 25.1 Å². The second-order valence-electron chi connectivity index (χ2n) is 5.23. The molecule has 1 aromatic rings. The van der Waals surface area contributed by atoms with E-state index < -0.39 is 17.8 Å². The van der Waals surface area contributed by atoms with Crippen LogP contribution in [0.2, 0.25) is 0 Å². The van der Waals surface area contributed by atoms with Gasteiger partial charge in [0.25, 0.3) is 0 Å². The fourth-order valence-electron chi connectivity index (χ4n) is 2.28. The minimum Gasteiger partial charge on any atom is -0.386 e. The Balaban J connectivity index is 1.83. The lowest BCUT2D eigenvalue weighted by atomic mass is 10.0. The molecule has 1 aromatic carbocycles. The van der Waals surface area contributed by atoms with Gasteiger partial charge in [0.2, 0.25) is 0 Å². The number of halogens is 3. The molecule has 1 atom stereocenters. The van der Waals surface area contributed by atoms with Gasteiger partial charge in [0.05, 0.1) is 12.2 Å². The summed E-state index contributed by atoms with van der Waals surface area (Å²) in [7, 11) is 0. The number of hydrogen-bond donors (Lipinski definition) is 1. The van der Waals surface area contributed by atoms with Crippen LogP contribution in [0.1, 0.15) is 30.1 Å². The van der Waals surface area contributed by atoms with Gasteiger partial charge in [0, 0.05) is 19.8 Å². The van der Waals surface area contributed by atoms with Gasteiger partial charge in [0.1, 0.15) is 6.10 Å². The quantitative estimate of drug-likeness (QED) is 0.908. The third kappa shape index (κ3) is 4.98. The van der Waals surface area contributed by atoms with Gasteiger partial charge in [-0.3, -0.25) is 0 Å². The van der Waals surface area contributed by atoms with Gasteiger partial charge in [-0.1, -0.05) is 12.1 Å². The SMILES string of the molecule is OC(COCC1CCOCC1)c1cccc(C(F)(F)F)c1. The summed E-state index contributed by atoms with van der Waals surface area (Å²) in [5.41, 5.74) is -0.541. The molecule has 0 aliphatic carbocycles. The average molecular weight is 304 g/mol. The van der Waals surface area contributed by atoms with Crippen LogP contribution in [-0.2, 0) is 15.7 Å². The smallest absolute Gasteiger partial charge is 0.386 e. The first-order valence-electron chi connectivity index (χ1n) is 6.97. The van der Waals surface area contributed by atoms with Crippen LogP contribution in [0.15, 0.2) is 24.3 Å². The molecule has 1 fully saturated rings. The Morgan fingerprint density at radius 3 is 2.67 bits per heavy atom. The predicted octanol–water partition coefficient (Wildman–Crippen LogP) is 3.18. The molecule has 1 aliphatic heterocycles. The highest BCUT2D eigenvalue weighted by atomic mass is 19.4. The van der Waals surface area contributed by atoms with E-state index >= 15 is 0 Å². The van der Waals surface area contributed by atoms with Gasteiger partial charge in [0.15, 0.2) is 0 Å². The van der Waals surface area contributed by atoms with E-state index in [1.165, 1.54) is 12.1 Å². The van der Waals surface area contributed by atoms with E-state index in [9.17, 15) is 18.3 Å². The predicted molar refractivity (Wildman–Crippen MR) is 70.8 cm³/mol. The highest BCUT2D eigenvalue weighted by Gasteiger charge is 2.30. The van der Waals surface area contributed by atoms with Crippen LogP contribution in [0.4, 0.5) is 13.2 Å². The molecule has 118 valence electrons. The maximum Gasteiger partial charge on any atom is 0.416 e. The molecule has 0 spiro atoms. The maximum atomic E-state index is 12.6. The summed E-state index contributed by atoms with van der Waals surface area (Å²) < 4.78 is 48.5. The summed E-state index contributed by atoms with van der Waals surface area (Å²) in [6.45, 7) is 1.92. The fourth-order valence-corrected chi connectivity index (χ4v) is 2.28. The molecule has 0 aromatic heterocycles. The Bertz CT molecular complexity index is 442. The van der Waals surface area contributed by atoms with Gasteiger partial charge in [-0.25, -0.2) is 0 Å². The summed E-state index contributed by atoms with van der Waals surface area (Å²) in [6.07, 6.45) is -3.62. The molecular formula is C15H19F3O3. The molecule has 0 radical (unpaired) electrons. The normalized spacial score (nSPS) is 18.7. The van der Waals surface area contributed by atoms with Crippen LogP contribution >= 0.6 is 0 Å². The fraction of sp³-hybridized carbons (Fsp3) is 0.600. The topological polar surface area (TPSA) is 38.7 Å². The molecule has 2 rings (SSSR count). The van der Waals surface area contributed by atoms with Crippen molar-refractivity contribution in [3.05, 3.63) is 35.4 Å². The van der Waals surface area contributed by atoms with E-state index in [-0.39, 0.29) is 12.2 Å². The molecule has 6 heteroatoms. The van der Waals surface area contributed by atoms with Gasteiger partial charge < -0.3 is 14.6 Å². The van der Waals surface area contributed by atoms with Crippen LogP contribution in [0.5, 0.6) is 0 Å². The highest BCUT2D eigenvalue weighted by molar-refractivity contribution is 5.27. The first-order valence-corrected chi connectivity index (χ1v) is 6.97. The minimum absolute atomic E-state index is 0.00132. The number of aliphatic hydroxyl groups excluding tert-OH is 1. The van der Waals surface area contributed by atoms with Gasteiger partial charge in [-0.05, 0) is 36.5 Å². The van der Waals surface area contributed by atoms with Crippen molar-refractivity contribution in [3.8, 4) is 0 Å². The summed E-state index contributed by atoms with van der Waals surface area (Å²) in [6, 6.07) is 4.71. The zero-order chi connectivity index (χ0) is 15.3. The van der Waals surface area contributed by atoms with Crippen molar-refractivity contribution in [1.82, 2.24) is 0 Å². The van der Waals surface area contributed by atoms with Gasteiger partial charge >= 0.3 is 6.18 Å². The molecule has 1 unspecified atom stereocenters. The largest absolute Gasteiger partial charge is 0.416 e. The number of alkyl halides is 3. The van der Waals surface area contributed by atoms with E-state index in [1.54, 1.807) is 0 Å². The molecule has 1 N–H and O–H groups in total. The van der Waals surface area contributed by atoms with Gasteiger partial charge in [-0.2, -0.15) is 13.2 Å². The van der Waals surface area contributed by atoms with E-state index in [1.807, 2.05) is 0 Å². The lowest BCUT2D eigenvalue weighted by molar-refractivity contribution is -0.137. The van der Waals surface area contributed by atoms with E-state index in [0.29, 0.717) is 25.7 Å². The molecule has 0 bridgehead atoms. The maximum absolute atomic E-state index is 12.6. The van der Waals surface area contributed by atoms with Crippen molar-refractivity contribution in [3.63, 3.8) is 0 Å². The molecule has 21 heavy (non-hydrogen) atoms. The zero-order valence-electron chi connectivity index (χ0n) is 11.6. The Morgan fingerprint density at radius 1 is 1.29 bits per heavy atom. The van der Waals surface area contributed by atoms with Crippen LogP contribution in [0.25, 0.3) is 0 Å². The Kier molecular flexibility index (Phi) is 5.61. The van der Waals surface area contributed by atoms with Crippen LogP contribution < -0.4 is 0 Å². The molecule has 1 aliphatic rings. The minimum atomic E-state index is -4.40. The first kappa shape index (κ1) is 16.3.